The zero-order valence-electron chi connectivity index (χ0n) is 15.6. The summed E-state index contributed by atoms with van der Waals surface area (Å²) in [4.78, 5) is 17.5. The third-order valence-corrected chi connectivity index (χ3v) is 5.53. The van der Waals surface area contributed by atoms with Crippen LogP contribution in [0.2, 0.25) is 0 Å². The fourth-order valence-corrected chi connectivity index (χ4v) is 3.71. The summed E-state index contributed by atoms with van der Waals surface area (Å²) in [6.45, 7) is 4.28. The Morgan fingerprint density at radius 1 is 1.12 bits per heavy atom. The van der Waals surface area contributed by atoms with Crippen LogP contribution in [-0.2, 0) is 4.79 Å². The number of aromatic nitrogens is 1. The van der Waals surface area contributed by atoms with E-state index in [9.17, 15) is 4.79 Å². The number of carbonyl (C=O) groups is 1. The summed E-state index contributed by atoms with van der Waals surface area (Å²) < 4.78 is 1.99. The molecule has 2 aromatic rings. The highest BCUT2D eigenvalue weighted by Gasteiger charge is 2.19. The fraction of sp³-hybridized carbons (Fsp3) is 0.450. The lowest BCUT2D eigenvalue weighted by molar-refractivity contribution is -0.119. The molecule has 1 aliphatic heterocycles. The Balaban J connectivity index is 1.62. The quantitative estimate of drug-likeness (QED) is 0.810. The van der Waals surface area contributed by atoms with E-state index in [1.54, 1.807) is 11.8 Å². The van der Waals surface area contributed by atoms with Crippen molar-refractivity contribution in [2.45, 2.75) is 12.5 Å². The monoisotopic (exact) mass is 372 g/mol. The summed E-state index contributed by atoms with van der Waals surface area (Å²) in [5.41, 5.74) is 2.08. The topological polar surface area (TPSA) is 40.5 Å². The average Bonchev–Trinajstić information content (AvgIpc) is 3.18. The van der Waals surface area contributed by atoms with Crippen LogP contribution in [0.4, 0.5) is 11.4 Å². The second-order valence-electron chi connectivity index (χ2n) is 6.75. The van der Waals surface area contributed by atoms with Gasteiger partial charge in [0.05, 0.1) is 0 Å². The lowest BCUT2D eigenvalue weighted by Crippen LogP contribution is -2.44. The predicted molar refractivity (Wildman–Crippen MR) is 111 cm³/mol. The number of rotatable bonds is 7. The van der Waals surface area contributed by atoms with Crippen molar-refractivity contribution in [2.75, 3.05) is 55.5 Å². The Morgan fingerprint density at radius 2 is 1.77 bits per heavy atom. The van der Waals surface area contributed by atoms with Gasteiger partial charge in [-0.3, -0.25) is 4.79 Å². The molecule has 1 saturated heterocycles. The SMILES string of the molecule is CSCC[C@H](C(=O)Nc1ccc(N2CCN(C)CC2)cc1)n1cccc1. The molecule has 140 valence electrons. The highest BCUT2D eigenvalue weighted by Crippen LogP contribution is 2.22. The molecule has 0 unspecified atom stereocenters. The number of nitrogens with one attached hydrogen (secondary N) is 1. The van der Waals surface area contributed by atoms with Crippen LogP contribution in [0.3, 0.4) is 0 Å². The van der Waals surface area contributed by atoms with Crippen molar-refractivity contribution in [1.82, 2.24) is 9.47 Å². The van der Waals surface area contributed by atoms with Gasteiger partial charge in [0.15, 0.2) is 0 Å². The van der Waals surface area contributed by atoms with Gasteiger partial charge in [-0.25, -0.2) is 0 Å². The minimum Gasteiger partial charge on any atom is -0.369 e. The molecule has 3 rings (SSSR count). The van der Waals surface area contributed by atoms with Gasteiger partial charge in [-0.05, 0) is 61.9 Å². The van der Waals surface area contributed by atoms with E-state index in [1.807, 2.05) is 41.2 Å². The molecular formula is C20H28N4OS. The van der Waals surface area contributed by atoms with Crippen molar-refractivity contribution in [1.29, 1.82) is 0 Å². The van der Waals surface area contributed by atoms with Gasteiger partial charge in [0, 0.05) is 49.9 Å². The first-order chi connectivity index (χ1) is 12.7. The van der Waals surface area contributed by atoms with Crippen molar-refractivity contribution in [2.24, 2.45) is 0 Å². The fourth-order valence-electron chi connectivity index (χ4n) is 3.25. The van der Waals surface area contributed by atoms with Gasteiger partial charge in [0.2, 0.25) is 5.91 Å². The number of amides is 1. The molecule has 0 spiro atoms. The Kier molecular flexibility index (Phi) is 6.63. The number of anilines is 2. The first kappa shape index (κ1) is 18.9. The van der Waals surface area contributed by atoms with Crippen molar-refractivity contribution in [3.8, 4) is 0 Å². The molecule has 0 bridgehead atoms. The summed E-state index contributed by atoms with van der Waals surface area (Å²) in [7, 11) is 2.16. The van der Waals surface area contributed by atoms with E-state index in [1.165, 1.54) is 5.69 Å². The van der Waals surface area contributed by atoms with Crippen LogP contribution in [0.1, 0.15) is 12.5 Å². The van der Waals surface area contributed by atoms with Crippen molar-refractivity contribution >= 4 is 29.0 Å². The van der Waals surface area contributed by atoms with E-state index < -0.39 is 0 Å². The van der Waals surface area contributed by atoms with Gasteiger partial charge < -0.3 is 19.7 Å². The average molecular weight is 373 g/mol. The van der Waals surface area contributed by atoms with E-state index in [-0.39, 0.29) is 11.9 Å². The second kappa shape index (κ2) is 9.14. The molecule has 1 fully saturated rings. The van der Waals surface area contributed by atoms with Gasteiger partial charge in [-0.15, -0.1) is 0 Å². The molecule has 0 aliphatic carbocycles. The molecule has 1 aromatic carbocycles. The number of hydrogen-bond acceptors (Lipinski definition) is 4. The smallest absolute Gasteiger partial charge is 0.247 e. The Hall–Kier alpha value is -1.92. The number of likely N-dealkylation sites (N-methyl/N-ethyl adjacent to an activating group) is 1. The van der Waals surface area contributed by atoms with Crippen molar-refractivity contribution in [3.05, 3.63) is 48.8 Å². The van der Waals surface area contributed by atoms with Crippen LogP contribution >= 0.6 is 11.8 Å². The molecule has 2 heterocycles. The Morgan fingerprint density at radius 3 is 2.38 bits per heavy atom. The lowest BCUT2D eigenvalue weighted by Gasteiger charge is -2.34. The van der Waals surface area contributed by atoms with Crippen LogP contribution in [0.15, 0.2) is 48.8 Å². The number of piperazine rings is 1. The molecule has 0 radical (unpaired) electrons. The lowest BCUT2D eigenvalue weighted by atomic mass is 10.2. The van der Waals surface area contributed by atoms with Crippen LogP contribution in [0, 0.1) is 0 Å². The van der Waals surface area contributed by atoms with E-state index >= 15 is 0 Å². The first-order valence-electron chi connectivity index (χ1n) is 9.13. The predicted octanol–water partition coefficient (Wildman–Crippen LogP) is 3.17. The molecule has 0 saturated carbocycles. The number of thioether (sulfide) groups is 1. The van der Waals surface area contributed by atoms with Gasteiger partial charge in [0.25, 0.3) is 0 Å². The maximum Gasteiger partial charge on any atom is 0.247 e. The zero-order chi connectivity index (χ0) is 18.4. The van der Waals surface area contributed by atoms with Crippen LogP contribution in [0.25, 0.3) is 0 Å². The van der Waals surface area contributed by atoms with Gasteiger partial charge in [-0.2, -0.15) is 11.8 Å². The van der Waals surface area contributed by atoms with Gasteiger partial charge >= 0.3 is 0 Å². The zero-order valence-corrected chi connectivity index (χ0v) is 16.4. The minimum atomic E-state index is -0.172. The third kappa shape index (κ3) is 4.83. The largest absolute Gasteiger partial charge is 0.369 e. The third-order valence-electron chi connectivity index (χ3n) is 4.89. The minimum absolute atomic E-state index is 0.0441. The standard InChI is InChI=1S/C20H28N4OS/c1-22-12-14-23(15-13-22)18-7-5-17(6-8-18)21-20(25)19(9-16-26-2)24-10-3-4-11-24/h3-8,10-11,19H,9,12-16H2,1-2H3,(H,21,25)/t19-/m1/s1. The molecule has 1 aliphatic rings. The van der Waals surface area contributed by atoms with Crippen LogP contribution in [-0.4, -0.2) is 60.6 Å². The summed E-state index contributed by atoms with van der Waals surface area (Å²) in [6.07, 6.45) is 6.81. The van der Waals surface area contributed by atoms with E-state index in [4.69, 9.17) is 0 Å². The first-order valence-corrected chi connectivity index (χ1v) is 10.5. The number of hydrogen-bond donors (Lipinski definition) is 1. The molecule has 6 heteroatoms. The maximum absolute atomic E-state index is 12.8. The van der Waals surface area contributed by atoms with E-state index in [0.29, 0.717) is 0 Å². The molecule has 1 atom stereocenters. The summed E-state index contributed by atoms with van der Waals surface area (Å²) in [5.74, 6) is 1.00. The highest BCUT2D eigenvalue weighted by atomic mass is 32.2. The maximum atomic E-state index is 12.8. The Labute approximate surface area is 160 Å². The van der Waals surface area contributed by atoms with E-state index in [2.05, 4.69) is 40.6 Å². The van der Waals surface area contributed by atoms with Gasteiger partial charge in [0.1, 0.15) is 6.04 Å². The van der Waals surface area contributed by atoms with Gasteiger partial charge in [-0.1, -0.05) is 0 Å². The molecule has 1 amide bonds. The second-order valence-corrected chi connectivity index (χ2v) is 7.74. The number of benzene rings is 1. The summed E-state index contributed by atoms with van der Waals surface area (Å²) >= 11 is 1.77. The molecule has 26 heavy (non-hydrogen) atoms. The normalized spacial score (nSPS) is 16.5. The Bertz CT molecular complexity index is 678. The van der Waals surface area contributed by atoms with E-state index in [0.717, 1.165) is 44.0 Å². The van der Waals surface area contributed by atoms with Crippen molar-refractivity contribution < 1.29 is 4.79 Å². The molecule has 1 aromatic heterocycles. The summed E-state index contributed by atoms with van der Waals surface area (Å²) in [6, 6.07) is 12.0. The number of nitrogens with zero attached hydrogens (tertiary/aromatic N) is 3. The summed E-state index contributed by atoms with van der Waals surface area (Å²) in [5, 5.41) is 3.08. The van der Waals surface area contributed by atoms with Crippen LogP contribution < -0.4 is 10.2 Å². The molecule has 5 nitrogen and oxygen atoms in total. The van der Waals surface area contributed by atoms with Crippen LogP contribution in [0.5, 0.6) is 0 Å². The highest BCUT2D eigenvalue weighted by molar-refractivity contribution is 7.98. The number of carbonyl (C=O) groups excluding carboxylic acids is 1. The van der Waals surface area contributed by atoms with Crippen molar-refractivity contribution in [3.63, 3.8) is 0 Å². The molecule has 1 N–H and O–H groups in total. The molecular weight excluding hydrogens is 344 g/mol.